The number of H-pyrrole nitrogens is 1. The highest BCUT2D eigenvalue weighted by Gasteiger charge is 2.32. The molecule has 13 nitrogen and oxygen atoms in total. The fraction of sp³-hybridized carbons (Fsp3) is 0.333. The van der Waals surface area contributed by atoms with Gasteiger partial charge in [0, 0.05) is 28.6 Å². The molecule has 0 saturated heterocycles. The number of methoxy groups -OCH3 is 1. The van der Waals surface area contributed by atoms with Gasteiger partial charge in [-0.2, -0.15) is 9.78 Å². The molecule has 1 aliphatic carbocycles. The SMILES string of the molecule is COc1ccc2c(c1)C=C(c1c(C(=O)NC[C@@H](C)O)cnn1-c1nc3ccccc3[nH]1)Cn1c-2c(C2CCCCC2)c2ccc(C(=O)NS(=O)(=O)C(C)C)cc21. The molecule has 3 aromatic heterocycles. The van der Waals surface area contributed by atoms with Gasteiger partial charge in [0.25, 0.3) is 11.8 Å². The van der Waals surface area contributed by atoms with Gasteiger partial charge in [0.1, 0.15) is 5.75 Å². The predicted molar refractivity (Wildman–Crippen MR) is 216 cm³/mol. The fourth-order valence-corrected chi connectivity index (χ4v) is 8.60. The van der Waals surface area contributed by atoms with Crippen molar-refractivity contribution < 1.29 is 27.9 Å². The molecular weight excluding hydrogens is 731 g/mol. The van der Waals surface area contributed by atoms with Crippen molar-refractivity contribution in [1.29, 1.82) is 0 Å². The standard InChI is InChI=1S/C42H45N7O6S/c1-24(2)56(53,54)47-40(51)27-14-16-32-36(20-27)48-23-29(18-28-19-30(55-4)15-17-31(28)39(48)37(32)26-10-6-5-7-11-26)38-33(41(52)43-21-25(3)50)22-44-49(38)42-45-34-12-8-9-13-35(34)46-42/h8-9,12-20,22,24-26,50H,5-7,10-11,21,23H2,1-4H3,(H,43,52)(H,45,46)(H,47,51)/t25-/m1/s1. The molecule has 2 amide bonds. The van der Waals surface area contributed by atoms with E-state index in [2.05, 4.69) is 31.7 Å². The summed E-state index contributed by atoms with van der Waals surface area (Å²) in [6.07, 6.45) is 8.20. The number of aliphatic hydroxyl groups is 1. The summed E-state index contributed by atoms with van der Waals surface area (Å²) in [5.41, 5.74) is 8.02. The Hall–Kier alpha value is -5.73. The van der Waals surface area contributed by atoms with Crippen molar-refractivity contribution in [1.82, 2.24) is 34.4 Å². The topological polar surface area (TPSA) is 173 Å². The van der Waals surface area contributed by atoms with E-state index in [1.807, 2.05) is 42.5 Å². The summed E-state index contributed by atoms with van der Waals surface area (Å²) in [5.74, 6) is 0.213. The number of para-hydroxylation sites is 2. The van der Waals surface area contributed by atoms with E-state index in [1.54, 1.807) is 30.8 Å². The zero-order valence-electron chi connectivity index (χ0n) is 31.8. The molecule has 1 aliphatic heterocycles. The van der Waals surface area contributed by atoms with Gasteiger partial charge < -0.3 is 24.7 Å². The lowest BCUT2D eigenvalue weighted by Crippen LogP contribution is -2.35. The number of sulfonamides is 1. The lowest BCUT2D eigenvalue weighted by molar-refractivity contribution is 0.0922. The normalized spacial score (nSPS) is 15.3. The molecule has 8 rings (SSSR count). The summed E-state index contributed by atoms with van der Waals surface area (Å²) in [6, 6.07) is 19.0. The van der Waals surface area contributed by atoms with Crippen LogP contribution >= 0.6 is 0 Å². The number of hydrogen-bond donors (Lipinski definition) is 4. The molecule has 0 spiro atoms. The number of aliphatic hydroxyl groups excluding tert-OH is 1. The van der Waals surface area contributed by atoms with Gasteiger partial charge in [0.15, 0.2) is 0 Å². The van der Waals surface area contributed by atoms with Crippen molar-refractivity contribution in [3.05, 3.63) is 94.8 Å². The Morgan fingerprint density at radius 2 is 1.79 bits per heavy atom. The maximum absolute atomic E-state index is 14.0. The van der Waals surface area contributed by atoms with Crippen LogP contribution in [0.1, 0.15) is 96.3 Å². The minimum atomic E-state index is -3.88. The van der Waals surface area contributed by atoms with Crippen LogP contribution in [0.3, 0.4) is 0 Å². The summed E-state index contributed by atoms with van der Waals surface area (Å²) in [5, 5.41) is 17.8. The molecule has 0 unspecified atom stereocenters. The molecule has 56 heavy (non-hydrogen) atoms. The van der Waals surface area contributed by atoms with Crippen LogP contribution in [-0.2, 0) is 16.6 Å². The van der Waals surface area contributed by atoms with Gasteiger partial charge in [0.2, 0.25) is 16.0 Å². The first kappa shape index (κ1) is 37.2. The van der Waals surface area contributed by atoms with Gasteiger partial charge in [-0.1, -0.05) is 37.5 Å². The van der Waals surface area contributed by atoms with Crippen LogP contribution in [0.5, 0.6) is 5.75 Å². The number of fused-ring (bicyclic) bond motifs is 6. The van der Waals surface area contributed by atoms with Gasteiger partial charge in [0.05, 0.1) is 59.2 Å². The van der Waals surface area contributed by atoms with E-state index >= 15 is 0 Å². The third kappa shape index (κ3) is 6.76. The van der Waals surface area contributed by atoms with E-state index < -0.39 is 33.2 Å². The number of amides is 2. The summed E-state index contributed by atoms with van der Waals surface area (Å²) >= 11 is 0. The third-order valence-electron chi connectivity index (χ3n) is 10.9. The molecule has 2 aliphatic rings. The van der Waals surface area contributed by atoms with Crippen molar-refractivity contribution in [2.45, 2.75) is 76.7 Å². The zero-order valence-corrected chi connectivity index (χ0v) is 32.6. The molecule has 3 aromatic carbocycles. The van der Waals surface area contributed by atoms with Crippen LogP contribution in [-0.4, -0.2) is 74.7 Å². The smallest absolute Gasteiger partial charge is 0.264 e. The maximum Gasteiger partial charge on any atom is 0.264 e. The van der Waals surface area contributed by atoms with E-state index in [1.165, 1.54) is 32.0 Å². The lowest BCUT2D eigenvalue weighted by atomic mass is 9.81. The van der Waals surface area contributed by atoms with E-state index in [0.29, 0.717) is 17.4 Å². The van der Waals surface area contributed by atoms with Crippen LogP contribution in [0.15, 0.2) is 66.9 Å². The van der Waals surface area contributed by atoms with Gasteiger partial charge in [-0.3, -0.25) is 9.59 Å². The third-order valence-corrected chi connectivity index (χ3v) is 12.6. The molecule has 290 valence electrons. The van der Waals surface area contributed by atoms with E-state index in [9.17, 15) is 23.1 Å². The largest absolute Gasteiger partial charge is 0.497 e. The molecule has 4 N–H and O–H groups in total. The number of aromatic amines is 1. The highest BCUT2D eigenvalue weighted by atomic mass is 32.2. The Bertz CT molecular complexity index is 2610. The Balaban J connectivity index is 1.39. The Morgan fingerprint density at radius 1 is 1.00 bits per heavy atom. The molecule has 1 atom stereocenters. The highest BCUT2D eigenvalue weighted by molar-refractivity contribution is 7.90. The van der Waals surface area contributed by atoms with Crippen LogP contribution in [0.25, 0.3) is 50.8 Å². The molecule has 1 fully saturated rings. The highest BCUT2D eigenvalue weighted by Crippen LogP contribution is 2.48. The first-order valence-electron chi connectivity index (χ1n) is 19.0. The second kappa shape index (κ2) is 14.7. The van der Waals surface area contributed by atoms with Crippen LogP contribution in [0, 0.1) is 0 Å². The molecular formula is C42H45N7O6S. The number of hydrogen-bond acceptors (Lipinski definition) is 8. The number of ether oxygens (including phenoxy) is 1. The van der Waals surface area contributed by atoms with Gasteiger partial charge in [-0.15, -0.1) is 0 Å². The molecule has 1 saturated carbocycles. The lowest BCUT2D eigenvalue weighted by Gasteiger charge is -2.24. The molecule has 4 heterocycles. The number of nitrogens with zero attached hydrogens (tertiary/aromatic N) is 4. The zero-order chi connectivity index (χ0) is 39.3. The summed E-state index contributed by atoms with van der Waals surface area (Å²) < 4.78 is 37.4. The van der Waals surface area contributed by atoms with Crippen molar-refractivity contribution in [3.8, 4) is 23.0 Å². The van der Waals surface area contributed by atoms with Crippen LogP contribution in [0.4, 0.5) is 0 Å². The van der Waals surface area contributed by atoms with Crippen LogP contribution < -0.4 is 14.8 Å². The second-order valence-electron chi connectivity index (χ2n) is 15.0. The van der Waals surface area contributed by atoms with E-state index in [-0.39, 0.29) is 30.1 Å². The van der Waals surface area contributed by atoms with Crippen molar-refractivity contribution >= 4 is 55.4 Å². The maximum atomic E-state index is 14.0. The number of carbonyl (C=O) groups excluding carboxylic acids is 2. The first-order chi connectivity index (χ1) is 26.9. The number of nitrogens with one attached hydrogen (secondary N) is 3. The van der Waals surface area contributed by atoms with Gasteiger partial charge in [-0.05, 0) is 105 Å². The van der Waals surface area contributed by atoms with Crippen molar-refractivity contribution in [3.63, 3.8) is 0 Å². The minimum Gasteiger partial charge on any atom is -0.497 e. The molecule has 0 radical (unpaired) electrons. The second-order valence-corrected chi connectivity index (χ2v) is 17.3. The summed E-state index contributed by atoms with van der Waals surface area (Å²) in [6.45, 7) is 4.95. The number of benzene rings is 3. The van der Waals surface area contributed by atoms with Gasteiger partial charge in [-0.25, -0.2) is 18.1 Å². The van der Waals surface area contributed by atoms with Gasteiger partial charge >= 0.3 is 0 Å². The average molecular weight is 776 g/mol. The Kier molecular flexibility index (Phi) is 9.79. The number of rotatable bonds is 10. The molecule has 14 heteroatoms. The summed E-state index contributed by atoms with van der Waals surface area (Å²) in [7, 11) is -2.26. The number of allylic oxidation sites excluding steroid dienone is 1. The van der Waals surface area contributed by atoms with Crippen LogP contribution in [0.2, 0.25) is 0 Å². The quantitative estimate of drug-likeness (QED) is 0.121. The van der Waals surface area contributed by atoms with E-state index in [4.69, 9.17) is 14.8 Å². The van der Waals surface area contributed by atoms with Crippen molar-refractivity contribution in [2.24, 2.45) is 0 Å². The molecule has 0 bridgehead atoms. The number of aromatic nitrogens is 5. The number of carbonyl (C=O) groups is 2. The Labute approximate surface area is 324 Å². The number of imidazole rings is 1. The van der Waals surface area contributed by atoms with E-state index in [0.717, 1.165) is 70.0 Å². The Morgan fingerprint density at radius 3 is 2.52 bits per heavy atom. The monoisotopic (exact) mass is 775 g/mol. The first-order valence-corrected chi connectivity index (χ1v) is 20.6. The summed E-state index contributed by atoms with van der Waals surface area (Å²) in [4.78, 5) is 35.7. The predicted octanol–water partition coefficient (Wildman–Crippen LogP) is 6.56. The average Bonchev–Trinajstić information content (AvgIpc) is 3.88. The fourth-order valence-electron chi connectivity index (χ4n) is 7.99. The van der Waals surface area contributed by atoms with Crippen molar-refractivity contribution in [2.75, 3.05) is 13.7 Å². The minimum absolute atomic E-state index is 0.0433. The molecule has 6 aromatic rings.